The van der Waals surface area contributed by atoms with Crippen molar-refractivity contribution in [2.24, 2.45) is 205 Å². The molecule has 0 aromatic heterocycles. The van der Waals surface area contributed by atoms with E-state index in [0.717, 1.165) is 150 Å². The molecule has 0 heterocycles. The molecule has 42 atom stereocenters. The Bertz CT molecular complexity index is 3790. The van der Waals surface area contributed by atoms with Gasteiger partial charge in [-0.2, -0.15) is 0 Å². The maximum atomic E-state index is 15.2. The third-order valence-corrected chi connectivity index (χ3v) is 46.1. The molecule has 20 rings (SSSR count). The summed E-state index contributed by atoms with van der Waals surface area (Å²) in [6.07, 6.45) is 32.9. The van der Waals surface area contributed by atoms with Gasteiger partial charge in [-0.1, -0.05) is 116 Å². The Kier molecular flexibility index (Phi) is 27.7. The molecule has 20 fully saturated rings. The molecule has 7 nitrogen and oxygen atoms in total. The van der Waals surface area contributed by atoms with E-state index in [1.165, 1.54) is 68.1 Å². The van der Waals surface area contributed by atoms with Crippen molar-refractivity contribution in [3.63, 3.8) is 0 Å². The summed E-state index contributed by atoms with van der Waals surface area (Å²) in [5.41, 5.74) is 2.55. The van der Waals surface area contributed by atoms with E-state index in [0.29, 0.717) is 150 Å². The second-order valence-electron chi connectivity index (χ2n) is 51.7. The van der Waals surface area contributed by atoms with Gasteiger partial charge in [0, 0.05) is 47.7 Å². The standard InChI is InChI=1S/C22H33BrF2O.C22H34BrFO.C22H34F2O2.C22H34F2O.C22H35FO2/c1-13(12-23)17-4-5-18-16-10-22(24,25)19-11-20(2,26)8-6-15(19)14(16)7-9-21(17,18)3;1-13(12-23)18-4-5-19-16-10-20(24)17-11-21(2,25)8-6-15(17)14(16)7-9-22(18,19)3;1-13(12-25)17-4-5-18-16-10-22(23,24)19-11-20(2,26)8-6-15(19)14(16)7-9-21(17,18)3;1-13(2)17-5-6-18-16-11-22(23,24)19-12-20(3,25)9-7-15(19)14(16)8-10-21(17,18)4;1-13(12-24)18-4-5-19-16-10-20(23)17-11-21(2,25)8-6-15(17)14(16)7-9-22(18,19)3/h14-19,26H,1,4-12H2,2-3H3;14-20,25H,1,4-12H2,2-3H3;14-19,25-26H,1,4-12H2,2-3H3;14-19,25H,1,5-12H2,2-4H3;14-20,24-25H,1,4-12H2,2-3H3/t14-,15-,16-,17-,18+,19+,20-,21-;14-,15-,16-,17+,18-,19+,20-,21-,22-;2*14-,15-,16-,17-,18+,19+,20-,21-;14-,15-,16-,17+,18-,19+,20-,21-,22-/m11111/s1. The number of fused-ring (bicyclic) bond motifs is 25. The molecule has 7 N–H and O–H groups in total. The summed E-state index contributed by atoms with van der Waals surface area (Å²) < 4.78 is 122. The van der Waals surface area contributed by atoms with E-state index in [9.17, 15) is 35.7 Å². The fourth-order valence-electron chi connectivity index (χ4n) is 38.9. The molecule has 0 radical (unpaired) electrons. The van der Waals surface area contributed by atoms with Crippen LogP contribution in [-0.2, 0) is 0 Å². The van der Waals surface area contributed by atoms with E-state index in [4.69, 9.17) is 0 Å². The second kappa shape index (κ2) is 35.6. The van der Waals surface area contributed by atoms with Crippen molar-refractivity contribution in [1.82, 2.24) is 0 Å². The fourth-order valence-corrected chi connectivity index (χ4v) is 39.7. The Hall–Kier alpha value is -1.18. The normalized spacial score (nSPS) is 54.0. The van der Waals surface area contributed by atoms with E-state index < -0.39 is 75.9 Å². The predicted octanol–water partition coefficient (Wildman–Crippen LogP) is 27.2. The van der Waals surface area contributed by atoms with Gasteiger partial charge in [0.2, 0.25) is 0 Å². The number of alkyl halides is 10. The van der Waals surface area contributed by atoms with E-state index in [1.54, 1.807) is 20.8 Å². The van der Waals surface area contributed by atoms with Gasteiger partial charge in [-0.25, -0.2) is 35.1 Å². The zero-order valence-corrected chi connectivity index (χ0v) is 83.2. The van der Waals surface area contributed by atoms with Crippen LogP contribution >= 0.6 is 31.9 Å². The van der Waals surface area contributed by atoms with Crippen LogP contribution in [0, 0.1) is 205 Å². The van der Waals surface area contributed by atoms with Gasteiger partial charge < -0.3 is 35.7 Å². The first-order valence-electron chi connectivity index (χ1n) is 52.0. The van der Waals surface area contributed by atoms with Crippen LogP contribution in [0.5, 0.6) is 0 Å². The van der Waals surface area contributed by atoms with Crippen molar-refractivity contribution in [3.8, 4) is 0 Å². The molecule has 0 saturated heterocycles. The van der Waals surface area contributed by atoms with Crippen molar-refractivity contribution in [3.05, 3.63) is 60.8 Å². The van der Waals surface area contributed by atoms with Gasteiger partial charge in [-0.05, 0) is 477 Å². The second-order valence-corrected chi connectivity index (χ2v) is 52.8. The Balaban J connectivity index is 0.000000117. The van der Waals surface area contributed by atoms with Crippen molar-refractivity contribution in [2.75, 3.05) is 23.9 Å². The molecule has 0 spiro atoms. The summed E-state index contributed by atoms with van der Waals surface area (Å²) in [7, 11) is 0. The van der Waals surface area contributed by atoms with Crippen LogP contribution in [0.3, 0.4) is 0 Å². The van der Waals surface area contributed by atoms with E-state index >= 15 is 35.1 Å². The SMILES string of the molecule is C=C(C)[C@H]1CC[C@H]2[C@@H]3CC(F)(F)[C@H]4C[C@](C)(O)CC[C@@H]4[C@H]3CC[C@]12C.C=C(CBr)[C@H]1CC[C@H]2[C@@H]3CC(F)(F)[C@H]4C[C@](C)(O)CC[C@@H]4[C@H]3CC[C@]12C.C=C(CBr)[C@H]1CC[C@H]2[C@@H]3C[C@@H](F)[C@H]4C[C@](C)(O)CC[C@@H]4[C@H]3CC[C@]12C.C=C(CO)[C@H]1CC[C@H]2[C@@H]3CC(F)(F)[C@H]4C[C@](C)(O)CC[C@@H]4[C@H]3CC[C@]12C.C=C(CO)[C@H]1CC[C@H]2[C@@H]3C[C@@H](F)[C@H]4C[C@](C)(O)CC[C@@H]4[C@H]3CC[C@]12C. The Morgan fingerprint density at radius 3 is 0.732 bits per heavy atom. The van der Waals surface area contributed by atoms with Crippen LogP contribution in [0.4, 0.5) is 35.1 Å². The van der Waals surface area contributed by atoms with Crippen LogP contribution in [0.2, 0.25) is 0 Å². The highest BCUT2D eigenvalue weighted by Gasteiger charge is 2.70. The number of aliphatic hydroxyl groups is 7. The number of halogens is 10. The lowest BCUT2D eigenvalue weighted by Crippen LogP contribution is -2.57. The van der Waals surface area contributed by atoms with E-state index in [2.05, 4.69) is 106 Å². The van der Waals surface area contributed by atoms with Gasteiger partial charge in [-0.3, -0.25) is 0 Å². The third kappa shape index (κ3) is 17.7. The lowest BCUT2D eigenvalue weighted by atomic mass is 9.48. The molecule has 20 aliphatic carbocycles. The summed E-state index contributed by atoms with van der Waals surface area (Å²) >= 11 is 7.18. The van der Waals surface area contributed by atoms with Crippen LogP contribution in [0.15, 0.2) is 60.8 Å². The molecule has 0 aromatic rings. The highest BCUT2D eigenvalue weighted by atomic mass is 79.9. The molecule has 0 aromatic carbocycles. The molecule has 0 amide bonds. The van der Waals surface area contributed by atoms with Crippen LogP contribution in [0.25, 0.3) is 0 Å². The smallest absolute Gasteiger partial charge is 0.251 e. The van der Waals surface area contributed by atoms with Gasteiger partial charge in [-0.15, -0.1) is 0 Å². The Labute approximate surface area is 778 Å². The van der Waals surface area contributed by atoms with Gasteiger partial charge in [0.05, 0.1) is 41.2 Å². The monoisotopic (exact) mass is 1910 g/mol. The Morgan fingerprint density at radius 1 is 0.260 bits per heavy atom. The molecule has 20 aliphatic rings. The van der Waals surface area contributed by atoms with Crippen molar-refractivity contribution < 1.29 is 70.9 Å². The van der Waals surface area contributed by atoms with E-state index in [-0.39, 0.29) is 127 Å². The summed E-state index contributed by atoms with van der Waals surface area (Å²) in [5.74, 6) is 0.430. The van der Waals surface area contributed by atoms with E-state index in [1.807, 2.05) is 13.8 Å². The van der Waals surface area contributed by atoms with Gasteiger partial charge >= 0.3 is 0 Å². The minimum absolute atomic E-state index is 0.00646. The third-order valence-electron chi connectivity index (χ3n) is 44.7. The van der Waals surface area contributed by atoms with Gasteiger partial charge in [0.15, 0.2) is 0 Å². The summed E-state index contributed by atoms with van der Waals surface area (Å²) in [5, 5.41) is 73.0. The fraction of sp³-hybridized carbons (Fsp3) is 0.909. The topological polar surface area (TPSA) is 142 Å². The highest BCUT2D eigenvalue weighted by molar-refractivity contribution is 9.09. The molecule has 17 heteroatoms. The lowest BCUT2D eigenvalue weighted by molar-refractivity contribution is -0.209. The van der Waals surface area contributed by atoms with Gasteiger partial charge in [0.1, 0.15) is 12.3 Å². The average Bonchev–Trinajstić information content (AvgIpc) is 1.68. The molecular weight excluding hydrogens is 1740 g/mol. The largest absolute Gasteiger partial charge is 0.392 e. The number of aliphatic hydroxyl groups excluding tert-OH is 2. The molecule has 722 valence electrons. The number of hydrogen-bond acceptors (Lipinski definition) is 7. The molecule has 20 saturated carbocycles. The first kappa shape index (κ1) is 98.9. The quantitative estimate of drug-likeness (QED) is 0.0693. The minimum atomic E-state index is -2.67. The number of rotatable bonds is 9. The molecular formula is C110H170Br2F8O7. The highest BCUT2D eigenvalue weighted by Crippen LogP contribution is 2.75. The molecule has 127 heavy (non-hydrogen) atoms. The molecule has 0 unspecified atom stereocenters. The van der Waals surface area contributed by atoms with Crippen molar-refractivity contribution in [2.45, 2.75) is 391 Å². The predicted molar refractivity (Wildman–Crippen MR) is 501 cm³/mol. The average molecular weight is 1920 g/mol. The summed E-state index contributed by atoms with van der Waals surface area (Å²) in [4.78, 5) is 0. The maximum absolute atomic E-state index is 15.2. The minimum Gasteiger partial charge on any atom is -0.392 e. The zero-order chi connectivity index (χ0) is 92.0. The maximum Gasteiger partial charge on any atom is 0.251 e. The van der Waals surface area contributed by atoms with Crippen molar-refractivity contribution in [1.29, 1.82) is 0 Å². The Morgan fingerprint density at radius 2 is 0.472 bits per heavy atom. The first-order chi connectivity index (χ1) is 59.3. The van der Waals surface area contributed by atoms with Gasteiger partial charge in [0.25, 0.3) is 17.8 Å². The zero-order valence-electron chi connectivity index (χ0n) is 80.0. The first-order valence-corrected chi connectivity index (χ1v) is 54.2. The van der Waals surface area contributed by atoms with Crippen molar-refractivity contribution >= 4 is 31.9 Å². The van der Waals surface area contributed by atoms with Crippen LogP contribution in [0.1, 0.15) is 333 Å². The number of hydrogen-bond donors (Lipinski definition) is 7. The van der Waals surface area contributed by atoms with Crippen LogP contribution in [-0.4, -0.2) is 118 Å². The van der Waals surface area contributed by atoms with Crippen LogP contribution < -0.4 is 0 Å². The molecule has 0 bridgehead atoms. The summed E-state index contributed by atoms with van der Waals surface area (Å²) in [6.45, 7) is 44.1. The lowest BCUT2D eigenvalue weighted by Gasteiger charge is -2.58. The number of allylic oxidation sites excluding steroid dienone is 3. The summed E-state index contributed by atoms with van der Waals surface area (Å²) in [6, 6.07) is 0. The molecule has 0 aliphatic heterocycles.